The van der Waals surface area contributed by atoms with Gasteiger partial charge in [0.05, 0.1) is 18.8 Å². The van der Waals surface area contributed by atoms with Gasteiger partial charge in [-0.1, -0.05) is 82.5 Å². The molecule has 3 heteroatoms. The van der Waals surface area contributed by atoms with Gasteiger partial charge in [0.1, 0.15) is 0 Å². The molecule has 1 aliphatic carbocycles. The first-order valence-corrected chi connectivity index (χ1v) is 14.1. The Balaban J connectivity index is 1.59. The fourth-order valence-corrected chi connectivity index (χ4v) is 5.73. The first-order chi connectivity index (χ1) is 17.5. The Hall–Kier alpha value is -2.39. The highest BCUT2D eigenvalue weighted by Gasteiger charge is 2.23. The van der Waals surface area contributed by atoms with Crippen LogP contribution < -0.4 is 0 Å². The number of hydrogen-bond acceptors (Lipinski definition) is 3. The number of esters is 1. The van der Waals surface area contributed by atoms with Crippen LogP contribution in [-0.4, -0.2) is 24.3 Å². The van der Waals surface area contributed by atoms with Crippen LogP contribution in [-0.2, 0) is 22.4 Å². The summed E-state index contributed by atoms with van der Waals surface area (Å²) >= 11 is 0. The van der Waals surface area contributed by atoms with Gasteiger partial charge in [-0.05, 0) is 97.1 Å². The minimum absolute atomic E-state index is 0.101. The van der Waals surface area contributed by atoms with E-state index in [2.05, 4.69) is 63.7 Å². The molecular weight excluding hydrogens is 444 g/mol. The second kappa shape index (κ2) is 14.4. The normalized spacial score (nSPS) is 17.7. The van der Waals surface area contributed by atoms with Gasteiger partial charge in [0.15, 0.2) is 0 Å². The highest BCUT2D eigenvalue weighted by Crippen LogP contribution is 2.40. The fourth-order valence-electron chi connectivity index (χ4n) is 5.73. The molecule has 1 saturated carbocycles. The summed E-state index contributed by atoms with van der Waals surface area (Å²) in [6.45, 7) is 10.3. The molecule has 0 aliphatic heterocycles. The Labute approximate surface area is 219 Å². The van der Waals surface area contributed by atoms with Crippen LogP contribution in [0.15, 0.2) is 48.6 Å². The van der Waals surface area contributed by atoms with E-state index < -0.39 is 5.97 Å². The predicted molar refractivity (Wildman–Crippen MR) is 150 cm³/mol. The monoisotopic (exact) mass is 490 g/mol. The standard InChI is InChI=1S/C33H46O3/c1-5-7-8-10-26-12-15-29(16-13-26)31-19-17-30(21-24(31)3)32-18-14-27(22-28(32)6-2)11-9-20-36-33(35)25(4)23-34/h14,17-19,21-22,26,29,34H,4-13,15-16,20,23H2,1-3H3. The second-order valence-electron chi connectivity index (χ2n) is 10.6. The van der Waals surface area contributed by atoms with Crippen molar-refractivity contribution < 1.29 is 14.6 Å². The topological polar surface area (TPSA) is 46.5 Å². The Morgan fingerprint density at radius 1 is 1.03 bits per heavy atom. The zero-order chi connectivity index (χ0) is 25.9. The van der Waals surface area contributed by atoms with Crippen LogP contribution in [0.25, 0.3) is 11.1 Å². The number of hydrogen-bond donors (Lipinski definition) is 1. The largest absolute Gasteiger partial charge is 0.462 e. The minimum Gasteiger partial charge on any atom is -0.462 e. The third-order valence-electron chi connectivity index (χ3n) is 7.96. The van der Waals surface area contributed by atoms with Crippen molar-refractivity contribution in [2.24, 2.45) is 5.92 Å². The lowest BCUT2D eigenvalue weighted by atomic mass is 9.75. The van der Waals surface area contributed by atoms with Gasteiger partial charge in [-0.25, -0.2) is 4.79 Å². The van der Waals surface area contributed by atoms with E-state index in [1.165, 1.54) is 79.2 Å². The van der Waals surface area contributed by atoms with Gasteiger partial charge in [-0.15, -0.1) is 0 Å². The quantitative estimate of drug-likeness (QED) is 0.175. The molecule has 36 heavy (non-hydrogen) atoms. The summed E-state index contributed by atoms with van der Waals surface area (Å²) in [6, 6.07) is 13.9. The van der Waals surface area contributed by atoms with Gasteiger partial charge in [0, 0.05) is 0 Å². The number of benzene rings is 2. The zero-order valence-electron chi connectivity index (χ0n) is 22.8. The summed E-state index contributed by atoms with van der Waals surface area (Å²) < 4.78 is 5.17. The molecule has 1 N–H and O–H groups in total. The lowest BCUT2D eigenvalue weighted by Crippen LogP contribution is -2.14. The molecule has 0 spiro atoms. The van der Waals surface area contributed by atoms with E-state index in [1.807, 2.05) is 0 Å². The fraction of sp³-hybridized carbons (Fsp3) is 0.545. The third-order valence-corrected chi connectivity index (χ3v) is 7.96. The van der Waals surface area contributed by atoms with Gasteiger partial charge in [0.25, 0.3) is 0 Å². The molecule has 0 unspecified atom stereocenters. The molecule has 0 aromatic heterocycles. The molecule has 3 rings (SSSR count). The highest BCUT2D eigenvalue weighted by atomic mass is 16.5. The van der Waals surface area contributed by atoms with E-state index in [4.69, 9.17) is 9.84 Å². The van der Waals surface area contributed by atoms with Crippen molar-refractivity contribution in [2.45, 2.75) is 97.3 Å². The summed E-state index contributed by atoms with van der Waals surface area (Å²) in [5.41, 5.74) is 8.34. The lowest BCUT2D eigenvalue weighted by molar-refractivity contribution is -0.139. The maximum atomic E-state index is 11.6. The molecule has 2 aromatic rings. The summed E-state index contributed by atoms with van der Waals surface area (Å²) in [4.78, 5) is 11.6. The number of aliphatic hydroxyl groups is 1. The first kappa shape index (κ1) is 28.2. The number of aliphatic hydroxyl groups excluding tert-OH is 1. The summed E-state index contributed by atoms with van der Waals surface area (Å²) in [5.74, 6) is 1.16. The van der Waals surface area contributed by atoms with E-state index in [0.717, 1.165) is 31.1 Å². The molecule has 0 radical (unpaired) electrons. The van der Waals surface area contributed by atoms with Crippen LogP contribution in [0.4, 0.5) is 0 Å². The Bertz CT molecular complexity index is 998. The van der Waals surface area contributed by atoms with Crippen molar-refractivity contribution in [1.82, 2.24) is 0 Å². The van der Waals surface area contributed by atoms with Gasteiger partial charge >= 0.3 is 5.97 Å². The Kier molecular flexibility index (Phi) is 11.3. The molecule has 0 amide bonds. The zero-order valence-corrected chi connectivity index (χ0v) is 22.8. The van der Waals surface area contributed by atoms with Gasteiger partial charge in [-0.3, -0.25) is 0 Å². The van der Waals surface area contributed by atoms with Crippen LogP contribution in [0.3, 0.4) is 0 Å². The number of rotatable bonds is 13. The number of carbonyl (C=O) groups is 1. The molecule has 2 aromatic carbocycles. The number of unbranched alkanes of at least 4 members (excludes halogenated alkanes) is 2. The maximum absolute atomic E-state index is 11.6. The SMILES string of the molecule is C=C(CO)C(=O)OCCCc1ccc(-c2ccc(C3CCC(CCCCC)CC3)c(C)c2)c(CC)c1. The summed E-state index contributed by atoms with van der Waals surface area (Å²) in [6.07, 6.45) is 13.6. The minimum atomic E-state index is -0.513. The summed E-state index contributed by atoms with van der Waals surface area (Å²) in [7, 11) is 0. The van der Waals surface area contributed by atoms with Crippen LogP contribution in [0, 0.1) is 12.8 Å². The molecule has 0 saturated heterocycles. The average Bonchev–Trinajstić information content (AvgIpc) is 2.91. The number of aryl methyl sites for hydroxylation is 3. The van der Waals surface area contributed by atoms with Crippen molar-refractivity contribution in [2.75, 3.05) is 13.2 Å². The second-order valence-corrected chi connectivity index (χ2v) is 10.6. The van der Waals surface area contributed by atoms with Crippen LogP contribution in [0.5, 0.6) is 0 Å². The Morgan fingerprint density at radius 2 is 1.81 bits per heavy atom. The molecule has 3 nitrogen and oxygen atoms in total. The first-order valence-electron chi connectivity index (χ1n) is 14.1. The van der Waals surface area contributed by atoms with E-state index in [1.54, 1.807) is 5.56 Å². The van der Waals surface area contributed by atoms with Gasteiger partial charge in [0.2, 0.25) is 0 Å². The van der Waals surface area contributed by atoms with Crippen molar-refractivity contribution in [3.63, 3.8) is 0 Å². The molecule has 0 atom stereocenters. The van der Waals surface area contributed by atoms with Crippen LogP contribution in [0.1, 0.15) is 99.8 Å². The smallest absolute Gasteiger partial charge is 0.335 e. The molecule has 0 heterocycles. The van der Waals surface area contributed by atoms with Gasteiger partial charge < -0.3 is 9.84 Å². The highest BCUT2D eigenvalue weighted by molar-refractivity contribution is 5.87. The third kappa shape index (κ3) is 7.80. The molecule has 196 valence electrons. The van der Waals surface area contributed by atoms with Crippen molar-refractivity contribution in [3.8, 4) is 11.1 Å². The molecule has 1 aliphatic rings. The average molecular weight is 491 g/mol. The number of carbonyl (C=O) groups excluding carboxylic acids is 1. The Morgan fingerprint density at radius 3 is 2.47 bits per heavy atom. The van der Waals surface area contributed by atoms with Gasteiger partial charge in [-0.2, -0.15) is 0 Å². The predicted octanol–water partition coefficient (Wildman–Crippen LogP) is 8.10. The molecular formula is C33H46O3. The number of ether oxygens (including phenoxy) is 1. The summed E-state index contributed by atoms with van der Waals surface area (Å²) in [5, 5.41) is 8.96. The van der Waals surface area contributed by atoms with Crippen molar-refractivity contribution in [3.05, 3.63) is 70.8 Å². The molecule has 0 bridgehead atoms. The lowest BCUT2D eigenvalue weighted by Gasteiger charge is -2.30. The van der Waals surface area contributed by atoms with E-state index >= 15 is 0 Å². The van der Waals surface area contributed by atoms with E-state index in [9.17, 15) is 4.79 Å². The molecule has 1 fully saturated rings. The van der Waals surface area contributed by atoms with E-state index in [-0.39, 0.29) is 12.2 Å². The van der Waals surface area contributed by atoms with Crippen LogP contribution >= 0.6 is 0 Å². The maximum Gasteiger partial charge on any atom is 0.335 e. The van der Waals surface area contributed by atoms with Crippen LogP contribution in [0.2, 0.25) is 0 Å². The van der Waals surface area contributed by atoms with Crippen molar-refractivity contribution in [1.29, 1.82) is 0 Å². The van der Waals surface area contributed by atoms with Crippen molar-refractivity contribution >= 4 is 5.97 Å². The van der Waals surface area contributed by atoms with E-state index in [0.29, 0.717) is 6.61 Å².